The van der Waals surface area contributed by atoms with E-state index >= 15 is 0 Å². The second kappa shape index (κ2) is 4.85. The molecule has 0 fully saturated rings. The molecule has 0 radical (unpaired) electrons. The second-order valence-electron chi connectivity index (χ2n) is 3.88. The van der Waals surface area contributed by atoms with E-state index in [0.29, 0.717) is 0 Å². The molecule has 0 amide bonds. The van der Waals surface area contributed by atoms with Crippen molar-refractivity contribution in [3.63, 3.8) is 0 Å². The number of hydrogen-bond acceptors (Lipinski definition) is 1. The van der Waals surface area contributed by atoms with Crippen LogP contribution < -0.4 is 5.73 Å². The van der Waals surface area contributed by atoms with Gasteiger partial charge in [0.15, 0.2) is 0 Å². The topological polar surface area (TPSA) is 26.0 Å². The third-order valence-electron chi connectivity index (χ3n) is 1.71. The molecule has 1 nitrogen and oxygen atoms in total. The Morgan fingerprint density at radius 2 is 1.85 bits per heavy atom. The maximum atomic E-state index is 12.9. The average Bonchev–Trinajstić information content (AvgIpc) is 2.01. The van der Waals surface area contributed by atoms with E-state index in [-0.39, 0.29) is 11.2 Å². The van der Waals surface area contributed by atoms with Gasteiger partial charge in [0, 0.05) is 0 Å². The van der Waals surface area contributed by atoms with Crippen molar-refractivity contribution in [3.8, 4) is 0 Å². The minimum absolute atomic E-state index is 0.0871. The summed E-state index contributed by atoms with van der Waals surface area (Å²) in [7, 11) is 0. The van der Waals surface area contributed by atoms with Crippen LogP contribution in [0, 0.1) is 5.41 Å². The van der Waals surface area contributed by atoms with Gasteiger partial charge >= 0.3 is 0 Å². The predicted octanol–water partition coefficient (Wildman–Crippen LogP) is 3.30. The summed E-state index contributed by atoms with van der Waals surface area (Å²) in [4.78, 5) is 0. The molecule has 0 rings (SSSR count). The fraction of sp³-hybridized carbons (Fsp3) is 0.455. The molecule has 0 heterocycles. The lowest BCUT2D eigenvalue weighted by atomic mass is 9.86. The van der Waals surface area contributed by atoms with Crippen LogP contribution in [0.2, 0.25) is 0 Å². The monoisotopic (exact) mass is 183 g/mol. The number of allylic oxidation sites excluding steroid dienone is 5. The third kappa shape index (κ3) is 4.51. The van der Waals surface area contributed by atoms with Gasteiger partial charge in [-0.1, -0.05) is 26.8 Å². The lowest BCUT2D eigenvalue weighted by molar-refractivity contribution is 0.513. The molecule has 0 atom stereocenters. The first kappa shape index (κ1) is 11.9. The lowest BCUT2D eigenvalue weighted by Crippen LogP contribution is -2.08. The SMILES string of the molecule is C\C=C(F)/C=C(\C=C/N)C(C)(C)C. The molecule has 0 aliphatic carbocycles. The highest BCUT2D eigenvalue weighted by Gasteiger charge is 2.14. The molecule has 0 aromatic rings. The lowest BCUT2D eigenvalue weighted by Gasteiger charge is -2.19. The molecule has 2 N–H and O–H groups in total. The molecule has 74 valence electrons. The Morgan fingerprint density at radius 1 is 1.31 bits per heavy atom. The zero-order chi connectivity index (χ0) is 10.5. The smallest absolute Gasteiger partial charge is 0.119 e. The van der Waals surface area contributed by atoms with Crippen LogP contribution in [0.5, 0.6) is 0 Å². The van der Waals surface area contributed by atoms with Gasteiger partial charge in [0.1, 0.15) is 5.83 Å². The van der Waals surface area contributed by atoms with Crippen molar-refractivity contribution < 1.29 is 4.39 Å². The van der Waals surface area contributed by atoms with Crippen LogP contribution in [-0.4, -0.2) is 0 Å². The summed E-state index contributed by atoms with van der Waals surface area (Å²) in [6.07, 6.45) is 6.09. The summed E-state index contributed by atoms with van der Waals surface area (Å²) in [5, 5.41) is 0. The van der Waals surface area contributed by atoms with Gasteiger partial charge in [0.05, 0.1) is 0 Å². The van der Waals surface area contributed by atoms with E-state index in [2.05, 4.69) is 0 Å². The van der Waals surface area contributed by atoms with Gasteiger partial charge in [-0.15, -0.1) is 0 Å². The summed E-state index contributed by atoms with van der Waals surface area (Å²) >= 11 is 0. The molecule has 0 saturated carbocycles. The quantitative estimate of drug-likeness (QED) is 0.653. The van der Waals surface area contributed by atoms with Gasteiger partial charge in [0.25, 0.3) is 0 Å². The van der Waals surface area contributed by atoms with Gasteiger partial charge in [0.2, 0.25) is 0 Å². The molecular weight excluding hydrogens is 165 g/mol. The highest BCUT2D eigenvalue weighted by atomic mass is 19.1. The highest BCUT2D eigenvalue weighted by molar-refractivity contribution is 5.30. The van der Waals surface area contributed by atoms with E-state index in [1.165, 1.54) is 18.4 Å². The van der Waals surface area contributed by atoms with Crippen LogP contribution in [0.4, 0.5) is 4.39 Å². The first-order valence-corrected chi connectivity index (χ1v) is 4.34. The fourth-order valence-electron chi connectivity index (χ4n) is 0.850. The van der Waals surface area contributed by atoms with E-state index in [9.17, 15) is 4.39 Å². The van der Waals surface area contributed by atoms with Crippen molar-refractivity contribution in [1.82, 2.24) is 0 Å². The summed E-state index contributed by atoms with van der Waals surface area (Å²) in [5.41, 5.74) is 6.07. The summed E-state index contributed by atoms with van der Waals surface area (Å²) < 4.78 is 12.9. The van der Waals surface area contributed by atoms with Crippen LogP contribution in [-0.2, 0) is 0 Å². The van der Waals surface area contributed by atoms with E-state index in [1.807, 2.05) is 20.8 Å². The van der Waals surface area contributed by atoms with Crippen molar-refractivity contribution in [2.75, 3.05) is 0 Å². The summed E-state index contributed by atoms with van der Waals surface area (Å²) in [5.74, 6) is -0.233. The van der Waals surface area contributed by atoms with E-state index in [1.54, 1.807) is 13.0 Å². The van der Waals surface area contributed by atoms with Gasteiger partial charge in [-0.25, -0.2) is 4.39 Å². The Balaban J connectivity index is 4.93. The number of hydrogen-bond donors (Lipinski definition) is 1. The first-order chi connectivity index (χ1) is 5.91. The second-order valence-corrected chi connectivity index (χ2v) is 3.88. The first-order valence-electron chi connectivity index (χ1n) is 4.34. The maximum absolute atomic E-state index is 12.9. The van der Waals surface area contributed by atoms with Crippen molar-refractivity contribution in [2.24, 2.45) is 11.1 Å². The predicted molar refractivity (Wildman–Crippen MR) is 55.7 cm³/mol. The standard InChI is InChI=1S/C11H18FN/c1-5-10(12)8-9(6-7-13)11(2,3)4/h5-8H,13H2,1-4H3/b7-6-,9-8+,10-5+. The molecular formula is C11H18FN. The van der Waals surface area contributed by atoms with Crippen molar-refractivity contribution in [2.45, 2.75) is 27.7 Å². The van der Waals surface area contributed by atoms with Crippen molar-refractivity contribution in [3.05, 3.63) is 35.8 Å². The number of halogens is 1. The molecule has 0 unspecified atom stereocenters. The van der Waals surface area contributed by atoms with E-state index in [0.717, 1.165) is 5.57 Å². The Kier molecular flexibility index (Phi) is 4.46. The van der Waals surface area contributed by atoms with Gasteiger partial charge in [-0.2, -0.15) is 0 Å². The highest BCUT2D eigenvalue weighted by Crippen LogP contribution is 2.27. The fourth-order valence-corrected chi connectivity index (χ4v) is 0.850. The van der Waals surface area contributed by atoms with Crippen LogP contribution in [0.25, 0.3) is 0 Å². The molecule has 0 saturated heterocycles. The van der Waals surface area contributed by atoms with Gasteiger partial charge in [-0.05, 0) is 36.3 Å². The van der Waals surface area contributed by atoms with Crippen molar-refractivity contribution >= 4 is 0 Å². The largest absolute Gasteiger partial charge is 0.405 e. The number of nitrogens with two attached hydrogens (primary N) is 1. The third-order valence-corrected chi connectivity index (χ3v) is 1.71. The van der Waals surface area contributed by atoms with Crippen LogP contribution >= 0.6 is 0 Å². The van der Waals surface area contributed by atoms with Gasteiger partial charge < -0.3 is 5.73 Å². The molecule has 0 aliphatic heterocycles. The van der Waals surface area contributed by atoms with Crippen LogP contribution in [0.3, 0.4) is 0 Å². The summed E-state index contributed by atoms with van der Waals surface area (Å²) in [6, 6.07) is 0. The van der Waals surface area contributed by atoms with Gasteiger partial charge in [-0.3, -0.25) is 0 Å². The molecule has 13 heavy (non-hydrogen) atoms. The Labute approximate surface area is 79.8 Å². The minimum atomic E-state index is -0.233. The molecule has 2 heteroatoms. The molecule has 0 bridgehead atoms. The molecule has 0 aromatic carbocycles. The zero-order valence-electron chi connectivity index (χ0n) is 8.76. The molecule has 0 aliphatic rings. The van der Waals surface area contributed by atoms with Crippen molar-refractivity contribution in [1.29, 1.82) is 0 Å². The van der Waals surface area contributed by atoms with Crippen LogP contribution in [0.15, 0.2) is 35.8 Å². The van der Waals surface area contributed by atoms with Crippen LogP contribution in [0.1, 0.15) is 27.7 Å². The van der Waals surface area contributed by atoms with E-state index in [4.69, 9.17) is 5.73 Å². The molecule has 0 spiro atoms. The Hall–Kier alpha value is -1.05. The maximum Gasteiger partial charge on any atom is 0.119 e. The number of rotatable bonds is 2. The Bertz CT molecular complexity index is 241. The normalized spacial score (nSPS) is 15.5. The summed E-state index contributed by atoms with van der Waals surface area (Å²) in [6.45, 7) is 7.71. The zero-order valence-corrected chi connectivity index (χ0v) is 8.76. The Morgan fingerprint density at radius 3 is 2.15 bits per heavy atom. The molecule has 0 aromatic heterocycles. The average molecular weight is 183 g/mol. The van der Waals surface area contributed by atoms with E-state index < -0.39 is 0 Å². The minimum Gasteiger partial charge on any atom is -0.405 e.